The minimum atomic E-state index is 0.0799. The molecule has 2 aromatic carbocycles. The normalized spacial score (nSPS) is 11.1. The molecule has 0 fully saturated rings. The summed E-state index contributed by atoms with van der Waals surface area (Å²) in [5.41, 5.74) is 17.0. The summed E-state index contributed by atoms with van der Waals surface area (Å²) in [5.74, 6) is 0. The molecule has 0 aliphatic heterocycles. The Balaban J connectivity index is 1.84. The Kier molecular flexibility index (Phi) is 8.29. The van der Waals surface area contributed by atoms with Crippen molar-refractivity contribution in [3.05, 3.63) is 55.6 Å². The molecular formula is C26H41AsN2. The zero-order valence-electron chi connectivity index (χ0n) is 20.3. The van der Waals surface area contributed by atoms with Gasteiger partial charge in [-0.3, -0.25) is 0 Å². The Bertz CT molecular complexity index is 765. The average Bonchev–Trinajstić information content (AvgIpc) is 2.71. The van der Waals surface area contributed by atoms with Gasteiger partial charge in [-0.25, -0.2) is 0 Å². The molecule has 0 aliphatic rings. The van der Waals surface area contributed by atoms with E-state index in [9.17, 15) is 0 Å². The fourth-order valence-electron chi connectivity index (χ4n) is 4.21. The first-order valence-electron chi connectivity index (χ1n) is 10.9. The van der Waals surface area contributed by atoms with E-state index in [4.69, 9.17) is 0 Å². The molecule has 0 aromatic heterocycles. The zero-order valence-corrected chi connectivity index (χ0v) is 22.4. The van der Waals surface area contributed by atoms with Gasteiger partial charge in [0.05, 0.1) is 0 Å². The van der Waals surface area contributed by atoms with Crippen molar-refractivity contribution >= 4 is 27.1 Å². The van der Waals surface area contributed by atoms with Crippen LogP contribution in [0.15, 0.2) is 0 Å². The van der Waals surface area contributed by atoms with E-state index in [1.165, 1.54) is 77.4 Å². The maximum absolute atomic E-state index is 3.75. The van der Waals surface area contributed by atoms with Crippen LogP contribution in [0.4, 0.5) is 11.4 Å². The van der Waals surface area contributed by atoms with Gasteiger partial charge in [-0.1, -0.05) is 0 Å². The molecule has 0 amide bonds. The van der Waals surface area contributed by atoms with Crippen molar-refractivity contribution in [1.29, 1.82) is 0 Å². The molecule has 2 rings (SSSR count). The predicted molar refractivity (Wildman–Crippen MR) is 134 cm³/mol. The van der Waals surface area contributed by atoms with E-state index in [0.717, 1.165) is 13.1 Å². The predicted octanol–water partition coefficient (Wildman–Crippen LogP) is 6.57. The summed E-state index contributed by atoms with van der Waals surface area (Å²) in [5, 5.41) is 10.2. The van der Waals surface area contributed by atoms with Crippen molar-refractivity contribution in [3.8, 4) is 0 Å². The first kappa shape index (κ1) is 23.9. The van der Waals surface area contributed by atoms with Crippen LogP contribution in [0.5, 0.6) is 0 Å². The quantitative estimate of drug-likeness (QED) is 0.347. The van der Waals surface area contributed by atoms with Gasteiger partial charge >= 0.3 is 186 Å². The van der Waals surface area contributed by atoms with Crippen molar-refractivity contribution < 1.29 is 0 Å². The number of hydrogen-bond donors (Lipinski definition) is 2. The standard InChI is InChI=1S/C26H41AsN2/c1-15-17(3)21(7)25(22(8)18(15)4)28-13-11-27-12-14-29-26-23(9)19(5)16(2)20(6)24(26)10/h27-29H,11-14H2,1-10H3. The number of benzene rings is 2. The molecule has 2 aromatic rings. The van der Waals surface area contributed by atoms with Crippen LogP contribution in [-0.2, 0) is 0 Å². The van der Waals surface area contributed by atoms with Gasteiger partial charge in [0.15, 0.2) is 0 Å². The monoisotopic (exact) mass is 456 g/mol. The van der Waals surface area contributed by atoms with Gasteiger partial charge in [-0.2, -0.15) is 0 Å². The van der Waals surface area contributed by atoms with E-state index in [2.05, 4.69) is 79.9 Å². The first-order valence-corrected chi connectivity index (χ1v) is 13.9. The molecule has 0 aliphatic carbocycles. The van der Waals surface area contributed by atoms with E-state index >= 15 is 0 Å². The van der Waals surface area contributed by atoms with Crippen LogP contribution >= 0.6 is 0 Å². The second-order valence-corrected chi connectivity index (χ2v) is 11.8. The number of rotatable bonds is 8. The summed E-state index contributed by atoms with van der Waals surface area (Å²) in [6.45, 7) is 24.7. The second kappa shape index (κ2) is 10.1. The minimum absolute atomic E-state index is 0.0799. The first-order chi connectivity index (χ1) is 13.6. The summed E-state index contributed by atoms with van der Waals surface area (Å²) in [7, 11) is 0. The molecule has 0 saturated carbocycles. The molecule has 0 bridgehead atoms. The molecule has 0 spiro atoms. The zero-order chi connectivity index (χ0) is 21.9. The summed E-state index contributed by atoms with van der Waals surface area (Å²) in [6.07, 6.45) is 0. The molecule has 0 saturated heterocycles. The number of hydrogen-bond acceptors (Lipinski definition) is 2. The van der Waals surface area contributed by atoms with Gasteiger partial charge < -0.3 is 0 Å². The Labute approximate surface area is 186 Å². The number of nitrogens with one attached hydrogen (secondary N) is 2. The van der Waals surface area contributed by atoms with Crippen molar-refractivity contribution in [2.24, 2.45) is 0 Å². The summed E-state index contributed by atoms with van der Waals surface area (Å²) >= 11 is 0.0799. The van der Waals surface area contributed by atoms with E-state index in [0.29, 0.717) is 0 Å². The average molecular weight is 457 g/mol. The van der Waals surface area contributed by atoms with Crippen LogP contribution in [0.25, 0.3) is 0 Å². The Morgan fingerprint density at radius 1 is 0.414 bits per heavy atom. The van der Waals surface area contributed by atoms with Gasteiger partial charge in [-0.05, 0) is 0 Å². The van der Waals surface area contributed by atoms with Crippen LogP contribution in [0, 0.1) is 69.2 Å². The van der Waals surface area contributed by atoms with Crippen LogP contribution < -0.4 is 10.6 Å². The van der Waals surface area contributed by atoms with Crippen LogP contribution in [-0.4, -0.2) is 28.8 Å². The summed E-state index contributed by atoms with van der Waals surface area (Å²) in [4.78, 5) is 0. The number of anilines is 2. The van der Waals surface area contributed by atoms with E-state index in [1.807, 2.05) is 0 Å². The molecule has 29 heavy (non-hydrogen) atoms. The molecule has 0 unspecified atom stereocenters. The second-order valence-electron chi connectivity index (χ2n) is 8.60. The third-order valence-corrected chi connectivity index (χ3v) is 9.74. The summed E-state index contributed by atoms with van der Waals surface area (Å²) < 4.78 is 0. The van der Waals surface area contributed by atoms with Crippen molar-refractivity contribution in [1.82, 2.24) is 0 Å². The van der Waals surface area contributed by atoms with Gasteiger partial charge in [0.2, 0.25) is 0 Å². The van der Waals surface area contributed by atoms with E-state index in [1.54, 1.807) is 0 Å². The van der Waals surface area contributed by atoms with Gasteiger partial charge in [0.1, 0.15) is 0 Å². The van der Waals surface area contributed by atoms with Gasteiger partial charge in [0, 0.05) is 0 Å². The fraction of sp³-hybridized carbons (Fsp3) is 0.538. The maximum atomic E-state index is 3.75. The molecule has 3 heteroatoms. The van der Waals surface area contributed by atoms with Crippen molar-refractivity contribution in [2.75, 3.05) is 23.7 Å². The van der Waals surface area contributed by atoms with Crippen molar-refractivity contribution in [3.63, 3.8) is 0 Å². The van der Waals surface area contributed by atoms with Gasteiger partial charge in [-0.15, -0.1) is 0 Å². The third kappa shape index (κ3) is 5.02. The molecule has 0 atom stereocenters. The molecule has 0 radical (unpaired) electrons. The van der Waals surface area contributed by atoms with E-state index in [-0.39, 0.29) is 15.8 Å². The van der Waals surface area contributed by atoms with Gasteiger partial charge in [0.25, 0.3) is 0 Å². The molecule has 2 nitrogen and oxygen atoms in total. The Morgan fingerprint density at radius 3 is 0.931 bits per heavy atom. The molecule has 2 N–H and O–H groups in total. The van der Waals surface area contributed by atoms with Crippen LogP contribution in [0.2, 0.25) is 10.4 Å². The van der Waals surface area contributed by atoms with Crippen LogP contribution in [0.3, 0.4) is 0 Å². The Morgan fingerprint density at radius 2 is 0.655 bits per heavy atom. The van der Waals surface area contributed by atoms with Crippen LogP contribution in [0.1, 0.15) is 55.6 Å². The molecule has 0 heterocycles. The Hall–Kier alpha value is -1.40. The molecule has 160 valence electrons. The SMILES string of the molecule is Cc1c(C)c(C)c(NCC[AsH]CCNc2c(C)c(C)c(C)c(C)c2C)c(C)c1C. The molecular weight excluding hydrogens is 415 g/mol. The summed E-state index contributed by atoms with van der Waals surface area (Å²) in [6, 6.07) is 0. The topological polar surface area (TPSA) is 24.1 Å². The van der Waals surface area contributed by atoms with E-state index < -0.39 is 0 Å². The van der Waals surface area contributed by atoms with Crippen molar-refractivity contribution in [2.45, 2.75) is 79.7 Å². The fourth-order valence-corrected chi connectivity index (χ4v) is 6.00. The third-order valence-electron chi connectivity index (χ3n) is 7.21.